The topological polar surface area (TPSA) is 163 Å². The number of allylic oxidation sites excluding steroid dienone is 4. The molecule has 68 heavy (non-hydrogen) atoms. The van der Waals surface area contributed by atoms with Gasteiger partial charge in [0.25, 0.3) is 0 Å². The highest BCUT2D eigenvalue weighted by Gasteiger charge is 2.34. The van der Waals surface area contributed by atoms with Crippen LogP contribution in [0.3, 0.4) is 0 Å². The van der Waals surface area contributed by atoms with E-state index in [1.807, 2.05) is 36.4 Å². The van der Waals surface area contributed by atoms with Gasteiger partial charge in [0.2, 0.25) is 17.2 Å². The second-order valence-corrected chi connectivity index (χ2v) is 17.6. The van der Waals surface area contributed by atoms with Gasteiger partial charge >= 0.3 is 0 Å². The molecule has 1 aliphatic heterocycles. The van der Waals surface area contributed by atoms with Crippen molar-refractivity contribution in [3.05, 3.63) is 166 Å². The van der Waals surface area contributed by atoms with E-state index in [9.17, 15) is 25.5 Å². The van der Waals surface area contributed by atoms with Gasteiger partial charge in [-0.1, -0.05) is 79.4 Å². The van der Waals surface area contributed by atoms with Crippen molar-refractivity contribution in [2.24, 2.45) is 0 Å². The number of rotatable bonds is 4. The van der Waals surface area contributed by atoms with Gasteiger partial charge in [0.1, 0.15) is 28.0 Å². The lowest BCUT2D eigenvalue weighted by Gasteiger charge is -2.14. The van der Waals surface area contributed by atoms with Gasteiger partial charge in [-0.3, -0.25) is 0 Å². The van der Waals surface area contributed by atoms with E-state index < -0.39 is 34.3 Å². The molecule has 0 radical (unpaired) electrons. The van der Waals surface area contributed by atoms with E-state index in [1.165, 1.54) is 33.6 Å². The summed E-state index contributed by atoms with van der Waals surface area (Å²) in [5.41, 5.74) is 12.9. The average Bonchev–Trinajstić information content (AvgIpc) is 4.17. The molecule has 0 saturated carbocycles. The summed E-state index contributed by atoms with van der Waals surface area (Å²) in [7, 11) is 0. The van der Waals surface area contributed by atoms with Crippen molar-refractivity contribution >= 4 is 85.3 Å². The van der Waals surface area contributed by atoms with E-state index in [0.29, 0.717) is 39.1 Å². The third-order valence-corrected chi connectivity index (χ3v) is 14.0. The van der Waals surface area contributed by atoms with Crippen LogP contribution in [0.5, 0.6) is 28.7 Å². The van der Waals surface area contributed by atoms with Gasteiger partial charge in [0.05, 0.1) is 22.1 Å². The van der Waals surface area contributed by atoms with E-state index in [1.54, 1.807) is 12.1 Å². The Morgan fingerprint density at radius 2 is 1.35 bits per heavy atom. The zero-order chi connectivity index (χ0) is 45.7. The smallest absolute Gasteiger partial charge is 0.208 e. The lowest BCUT2D eigenvalue weighted by molar-refractivity contribution is 0.330. The van der Waals surface area contributed by atoms with Crippen LogP contribution < -0.4 is 10.6 Å². The first-order valence-electron chi connectivity index (χ1n) is 22.3. The van der Waals surface area contributed by atoms with Gasteiger partial charge in [-0.25, -0.2) is 9.97 Å². The van der Waals surface area contributed by atoms with Crippen molar-refractivity contribution in [1.82, 2.24) is 19.1 Å². The summed E-state index contributed by atoms with van der Waals surface area (Å²) in [5.74, 6) is -4.40. The van der Waals surface area contributed by atoms with E-state index in [4.69, 9.17) is 18.8 Å². The van der Waals surface area contributed by atoms with Gasteiger partial charge in [0.15, 0.2) is 22.9 Å². The second-order valence-electron chi connectivity index (χ2n) is 17.6. The summed E-state index contributed by atoms with van der Waals surface area (Å²) < 4.78 is 17.3. The van der Waals surface area contributed by atoms with Gasteiger partial charge in [0, 0.05) is 66.4 Å². The Balaban J connectivity index is 0.928. The van der Waals surface area contributed by atoms with Crippen LogP contribution in [0.1, 0.15) is 46.8 Å². The van der Waals surface area contributed by atoms with Crippen molar-refractivity contribution < 1.29 is 34.4 Å². The maximum atomic E-state index is 11.1. The van der Waals surface area contributed by atoms with Crippen LogP contribution in [0.4, 0.5) is 0 Å². The number of para-hydroxylation sites is 3. The average molecular weight is 889 g/mol. The molecule has 0 amide bonds. The van der Waals surface area contributed by atoms with Crippen LogP contribution in [0.15, 0.2) is 136 Å². The van der Waals surface area contributed by atoms with Gasteiger partial charge < -0.3 is 43.5 Å². The first kappa shape index (κ1) is 38.1. The first-order valence-corrected chi connectivity index (χ1v) is 22.3. The molecule has 11 heteroatoms. The van der Waals surface area contributed by atoms with Crippen molar-refractivity contribution in [3.8, 4) is 62.8 Å². The minimum atomic E-state index is -1.08. The molecule has 1 atom stereocenters. The maximum Gasteiger partial charge on any atom is 0.208 e. The Morgan fingerprint density at radius 3 is 2.21 bits per heavy atom. The molecule has 5 N–H and O–H groups in total. The molecule has 11 nitrogen and oxygen atoms in total. The molecule has 1 unspecified atom stereocenters. The van der Waals surface area contributed by atoms with Crippen molar-refractivity contribution in [1.29, 1.82) is 0 Å². The van der Waals surface area contributed by atoms with E-state index in [2.05, 4.69) is 113 Å². The van der Waals surface area contributed by atoms with E-state index >= 15 is 0 Å². The summed E-state index contributed by atoms with van der Waals surface area (Å²) >= 11 is 0. The molecule has 2 aliphatic carbocycles. The highest BCUT2D eigenvalue weighted by molar-refractivity contribution is 6.10. The van der Waals surface area contributed by atoms with E-state index in [0.717, 1.165) is 56.5 Å². The van der Waals surface area contributed by atoms with Gasteiger partial charge in [-0.2, -0.15) is 0 Å². The van der Waals surface area contributed by atoms with Crippen LogP contribution in [-0.2, 0) is 0 Å². The number of phenols is 5. The number of aromatic hydroxyl groups is 5. The normalized spacial score (nSPS) is 15.7. The zero-order valence-electron chi connectivity index (χ0n) is 35.9. The number of hydrogen-bond acceptors (Lipinski definition) is 9. The Labute approximate surface area is 385 Å². The fourth-order valence-corrected chi connectivity index (χ4v) is 10.9. The Hall–Kier alpha value is -9.22. The molecule has 0 spiro atoms. The Bertz CT molecular complexity index is 4280. The van der Waals surface area contributed by atoms with Gasteiger partial charge in [-0.05, 0) is 96.8 Å². The summed E-state index contributed by atoms with van der Waals surface area (Å²) in [6.07, 6.45) is 15.2. The zero-order valence-corrected chi connectivity index (χ0v) is 35.9. The minimum Gasteiger partial charge on any atom is -0.504 e. The number of phenolic OH excluding ortho intramolecular Hbond substituents is 5. The standard InChI is InChI=1S/C57H36N4O7/c1-28-32-14-9-15-34-33-11-2-5-16-40(33)61(50(32)34)39(28)23-20-29-10-8-18-42-46(29)35-12-3-6-17-41(35)60(42)31-22-25-45-38(27-31)37-26-30(21-24-44(37)67-45)57-58-48-36-13-4-7-19-43(36)68-56(48)49(59-57)47-51(62)53(64)55(66)54(65)52(47)63/h2-9,11-14,16-27,34,62-66H,1,10,15H2/b29-20+,39-23+. The second kappa shape index (κ2) is 13.7. The summed E-state index contributed by atoms with van der Waals surface area (Å²) in [6.45, 7) is 4.60. The molecule has 3 aliphatic rings. The summed E-state index contributed by atoms with van der Waals surface area (Å²) in [4.78, 5) is 9.72. The largest absolute Gasteiger partial charge is 0.504 e. The fourth-order valence-electron chi connectivity index (χ4n) is 10.9. The molecule has 14 rings (SSSR count). The Morgan fingerprint density at radius 1 is 0.632 bits per heavy atom. The number of hydrogen-bond donors (Lipinski definition) is 5. The van der Waals surface area contributed by atoms with Crippen molar-refractivity contribution in [2.75, 3.05) is 0 Å². The molecule has 326 valence electrons. The molecule has 6 aromatic carbocycles. The summed E-state index contributed by atoms with van der Waals surface area (Å²) in [6, 6.07) is 36.2. The quantitative estimate of drug-likeness (QED) is 0.0855. The highest BCUT2D eigenvalue weighted by Crippen LogP contribution is 2.56. The van der Waals surface area contributed by atoms with Crippen LogP contribution in [-0.4, -0.2) is 44.6 Å². The fraction of sp³-hybridized carbons (Fsp3) is 0.0526. The SMILES string of the molecule is C=c1c2c3n(/c1=C/C=C1\CC=Cc4c1c1ccccc1n4-c1ccc4oc5ccc(-c6nc(-c7c(O)c(O)c(O)c(O)c7O)c7oc8ccccc8c7n6)cc5c4c1)-c1ccccc1C3CC=C2. The lowest BCUT2D eigenvalue weighted by Crippen LogP contribution is -2.27. The molecule has 0 fully saturated rings. The third kappa shape index (κ3) is 5.06. The molecule has 5 aromatic heterocycles. The molecule has 6 heterocycles. The molecule has 0 saturated heterocycles. The number of furan rings is 2. The lowest BCUT2D eigenvalue weighted by atomic mass is 9.88. The van der Waals surface area contributed by atoms with E-state index in [-0.39, 0.29) is 17.1 Å². The number of fused-ring (bicyclic) bond motifs is 12. The van der Waals surface area contributed by atoms with Crippen molar-refractivity contribution in [2.45, 2.75) is 18.8 Å². The number of benzene rings is 6. The molecular weight excluding hydrogens is 853 g/mol. The summed E-state index contributed by atoms with van der Waals surface area (Å²) in [5, 5.41) is 59.1. The molecule has 0 bridgehead atoms. The van der Waals surface area contributed by atoms with Crippen LogP contribution in [0.2, 0.25) is 0 Å². The third-order valence-electron chi connectivity index (χ3n) is 14.0. The molecular formula is C57H36N4O7. The number of nitrogens with zero attached hydrogens (tertiary/aromatic N) is 4. The van der Waals surface area contributed by atoms with Gasteiger partial charge in [-0.15, -0.1) is 0 Å². The van der Waals surface area contributed by atoms with Crippen LogP contribution >= 0.6 is 0 Å². The predicted molar refractivity (Wildman–Crippen MR) is 265 cm³/mol. The number of aromatic nitrogens is 4. The van der Waals surface area contributed by atoms with Crippen molar-refractivity contribution in [3.63, 3.8) is 0 Å². The van der Waals surface area contributed by atoms with Crippen LogP contribution in [0.25, 0.3) is 119 Å². The van der Waals surface area contributed by atoms with Crippen LogP contribution in [0, 0.1) is 0 Å². The Kier molecular flexibility index (Phi) is 7.65. The monoisotopic (exact) mass is 888 g/mol. The molecule has 11 aromatic rings. The first-order chi connectivity index (χ1) is 33.2. The highest BCUT2D eigenvalue weighted by atomic mass is 16.4. The maximum absolute atomic E-state index is 11.1. The predicted octanol–water partition coefficient (Wildman–Crippen LogP) is 11.4. The minimum absolute atomic E-state index is 0.0862.